The monoisotopic (exact) mass is 408 g/mol. The highest BCUT2D eigenvalue weighted by atomic mass is 79.9. The summed E-state index contributed by atoms with van der Waals surface area (Å²) in [7, 11) is 1.67. The van der Waals surface area contributed by atoms with E-state index in [2.05, 4.69) is 50.4 Å². The summed E-state index contributed by atoms with van der Waals surface area (Å²) in [5.74, 6) is 1.74. The van der Waals surface area contributed by atoms with Gasteiger partial charge in [-0.1, -0.05) is 42.1 Å². The fourth-order valence-electron chi connectivity index (χ4n) is 1.92. The Hall–Kier alpha value is -1.46. The van der Waals surface area contributed by atoms with Gasteiger partial charge in [0.05, 0.1) is 12.6 Å². The van der Waals surface area contributed by atoms with Gasteiger partial charge in [0.1, 0.15) is 5.75 Å². The molecule has 0 saturated heterocycles. The zero-order chi connectivity index (χ0) is 16.7. The van der Waals surface area contributed by atoms with Crippen LogP contribution in [0.25, 0.3) is 0 Å². The van der Waals surface area contributed by atoms with Crippen LogP contribution in [0.3, 0.4) is 0 Å². The minimum atomic E-state index is -0.126. The van der Waals surface area contributed by atoms with E-state index in [1.54, 1.807) is 18.9 Å². The molecule has 2 aromatic rings. The van der Waals surface area contributed by atoms with Gasteiger partial charge in [-0.2, -0.15) is 0 Å². The zero-order valence-corrected chi connectivity index (χ0v) is 17.1. The molecular weight excluding hydrogens is 384 g/mol. The van der Waals surface area contributed by atoms with Crippen LogP contribution < -0.4 is 10.1 Å². The standard InChI is InChI=1S/C19H24N2OS.BrH/c1-19(2,3)21-18(23-14-15-8-6-5-7-9-15)20-16-10-12-17(22-4)13-11-16;/h5-13H,14H2,1-4H3,(H,20,21);1H. The SMILES string of the molecule is Br.COc1ccc(NC(=NC(C)(C)C)SCc2ccccc2)cc1. The van der Waals surface area contributed by atoms with Crippen molar-refractivity contribution < 1.29 is 4.74 Å². The number of halogens is 1. The number of hydrogen-bond donors (Lipinski definition) is 1. The van der Waals surface area contributed by atoms with Crippen molar-refractivity contribution in [3.8, 4) is 5.75 Å². The molecule has 3 nitrogen and oxygen atoms in total. The summed E-state index contributed by atoms with van der Waals surface area (Å²) in [6, 6.07) is 18.3. The van der Waals surface area contributed by atoms with Crippen LogP contribution >= 0.6 is 28.7 Å². The molecule has 0 saturated carbocycles. The van der Waals surface area contributed by atoms with Gasteiger partial charge in [-0.25, -0.2) is 0 Å². The maximum Gasteiger partial charge on any atom is 0.161 e. The lowest BCUT2D eigenvalue weighted by molar-refractivity contribution is 0.415. The second-order valence-electron chi connectivity index (χ2n) is 6.22. The van der Waals surface area contributed by atoms with Gasteiger partial charge in [-0.3, -0.25) is 4.99 Å². The van der Waals surface area contributed by atoms with Crippen LogP contribution in [-0.2, 0) is 5.75 Å². The van der Waals surface area contributed by atoms with Crippen molar-refractivity contribution in [3.05, 3.63) is 60.2 Å². The van der Waals surface area contributed by atoms with Gasteiger partial charge >= 0.3 is 0 Å². The fourth-order valence-corrected chi connectivity index (χ4v) is 2.95. The molecule has 1 N–H and O–H groups in total. The Morgan fingerprint density at radius 3 is 2.21 bits per heavy atom. The highest BCUT2D eigenvalue weighted by Crippen LogP contribution is 2.21. The molecule has 0 spiro atoms. The van der Waals surface area contributed by atoms with Crippen molar-refractivity contribution in [2.45, 2.75) is 32.1 Å². The van der Waals surface area contributed by atoms with Crippen molar-refractivity contribution in [1.29, 1.82) is 0 Å². The van der Waals surface area contributed by atoms with Gasteiger partial charge in [-0.15, -0.1) is 17.0 Å². The van der Waals surface area contributed by atoms with E-state index in [-0.39, 0.29) is 22.5 Å². The largest absolute Gasteiger partial charge is 0.497 e. The third kappa shape index (κ3) is 7.41. The number of nitrogens with one attached hydrogen (secondary N) is 1. The first kappa shape index (κ1) is 20.6. The van der Waals surface area contributed by atoms with E-state index in [1.165, 1.54) is 5.56 Å². The number of anilines is 1. The quantitative estimate of drug-likeness (QED) is 0.514. The van der Waals surface area contributed by atoms with E-state index in [0.29, 0.717) is 0 Å². The molecule has 0 radical (unpaired) electrons. The lowest BCUT2D eigenvalue weighted by Gasteiger charge is -2.17. The summed E-state index contributed by atoms with van der Waals surface area (Å²) >= 11 is 1.71. The minimum absolute atomic E-state index is 0. The summed E-state index contributed by atoms with van der Waals surface area (Å²) < 4.78 is 5.20. The number of benzene rings is 2. The number of rotatable bonds is 4. The van der Waals surface area contributed by atoms with Gasteiger partial charge < -0.3 is 10.1 Å². The lowest BCUT2D eigenvalue weighted by Crippen LogP contribution is -2.18. The minimum Gasteiger partial charge on any atom is -0.497 e. The maximum atomic E-state index is 5.20. The van der Waals surface area contributed by atoms with Crippen molar-refractivity contribution in [3.63, 3.8) is 0 Å². The molecular formula is C19H25BrN2OS. The molecule has 2 rings (SSSR count). The molecule has 0 aliphatic heterocycles. The van der Waals surface area contributed by atoms with Gasteiger partial charge in [0.2, 0.25) is 0 Å². The number of hydrogen-bond acceptors (Lipinski definition) is 3. The van der Waals surface area contributed by atoms with Crippen LogP contribution in [0.15, 0.2) is 59.6 Å². The molecule has 0 unspecified atom stereocenters. The highest BCUT2D eigenvalue weighted by Gasteiger charge is 2.11. The Balaban J connectivity index is 0.00000288. The first-order valence-electron chi connectivity index (χ1n) is 7.64. The van der Waals surface area contributed by atoms with E-state index in [4.69, 9.17) is 9.73 Å². The van der Waals surface area contributed by atoms with Gasteiger partial charge in [0.25, 0.3) is 0 Å². The Kier molecular flexibility index (Phi) is 8.36. The van der Waals surface area contributed by atoms with Crippen LogP contribution in [0.4, 0.5) is 5.69 Å². The molecule has 2 aromatic carbocycles. The molecule has 130 valence electrons. The first-order valence-corrected chi connectivity index (χ1v) is 8.62. The Morgan fingerprint density at radius 1 is 1.04 bits per heavy atom. The van der Waals surface area contributed by atoms with E-state index < -0.39 is 0 Å². The Morgan fingerprint density at radius 2 is 1.67 bits per heavy atom. The van der Waals surface area contributed by atoms with E-state index in [1.807, 2.05) is 30.3 Å². The number of thioether (sulfide) groups is 1. The van der Waals surface area contributed by atoms with Crippen LogP contribution in [0.1, 0.15) is 26.3 Å². The number of amidine groups is 1. The molecule has 0 aromatic heterocycles. The summed E-state index contributed by atoms with van der Waals surface area (Å²) in [5, 5.41) is 4.34. The normalized spacial score (nSPS) is 11.6. The van der Waals surface area contributed by atoms with Crippen molar-refractivity contribution in [1.82, 2.24) is 0 Å². The van der Waals surface area contributed by atoms with Crippen molar-refractivity contribution in [2.24, 2.45) is 4.99 Å². The van der Waals surface area contributed by atoms with E-state index >= 15 is 0 Å². The second kappa shape index (κ2) is 9.74. The van der Waals surface area contributed by atoms with Gasteiger partial charge in [0.15, 0.2) is 5.17 Å². The number of nitrogens with zero attached hydrogens (tertiary/aromatic N) is 1. The van der Waals surface area contributed by atoms with Gasteiger partial charge in [-0.05, 0) is 50.6 Å². The Labute approximate surface area is 159 Å². The molecule has 5 heteroatoms. The molecule has 0 fully saturated rings. The number of ether oxygens (including phenoxy) is 1. The number of methoxy groups -OCH3 is 1. The van der Waals surface area contributed by atoms with Crippen LogP contribution in [0, 0.1) is 0 Å². The predicted octanol–water partition coefficient (Wildman–Crippen LogP) is 5.77. The summed E-state index contributed by atoms with van der Waals surface area (Å²) in [6.45, 7) is 6.31. The Bertz CT molecular complexity index is 637. The third-order valence-corrected chi connectivity index (χ3v) is 3.94. The van der Waals surface area contributed by atoms with Crippen LogP contribution in [0.5, 0.6) is 5.75 Å². The van der Waals surface area contributed by atoms with E-state index in [9.17, 15) is 0 Å². The summed E-state index contributed by atoms with van der Waals surface area (Å²) in [4.78, 5) is 4.80. The van der Waals surface area contributed by atoms with Crippen LogP contribution in [-0.4, -0.2) is 17.8 Å². The summed E-state index contributed by atoms with van der Waals surface area (Å²) in [6.07, 6.45) is 0. The molecule has 0 atom stereocenters. The fraction of sp³-hybridized carbons (Fsp3) is 0.316. The lowest BCUT2D eigenvalue weighted by atomic mass is 10.1. The van der Waals surface area contributed by atoms with Crippen LogP contribution in [0.2, 0.25) is 0 Å². The maximum absolute atomic E-state index is 5.20. The van der Waals surface area contributed by atoms with E-state index in [0.717, 1.165) is 22.4 Å². The topological polar surface area (TPSA) is 33.6 Å². The first-order chi connectivity index (χ1) is 11.0. The predicted molar refractivity (Wildman–Crippen MR) is 112 cm³/mol. The molecule has 0 aliphatic carbocycles. The van der Waals surface area contributed by atoms with Crippen molar-refractivity contribution in [2.75, 3.05) is 12.4 Å². The summed E-state index contributed by atoms with van der Waals surface area (Å²) in [5.41, 5.74) is 2.17. The average molecular weight is 409 g/mol. The average Bonchev–Trinajstić information content (AvgIpc) is 2.53. The molecule has 0 aliphatic rings. The highest BCUT2D eigenvalue weighted by molar-refractivity contribution is 8.93. The van der Waals surface area contributed by atoms with Gasteiger partial charge in [0, 0.05) is 11.4 Å². The molecule has 0 heterocycles. The molecule has 0 amide bonds. The van der Waals surface area contributed by atoms with Crippen molar-refractivity contribution >= 4 is 39.6 Å². The smallest absolute Gasteiger partial charge is 0.161 e. The molecule has 0 bridgehead atoms. The molecule has 24 heavy (non-hydrogen) atoms. The second-order valence-corrected chi connectivity index (χ2v) is 7.18. The number of aliphatic imine (C=N–C) groups is 1. The third-order valence-electron chi connectivity index (χ3n) is 3.00. The zero-order valence-electron chi connectivity index (χ0n) is 14.6.